The third-order valence-electron chi connectivity index (χ3n) is 3.49. The van der Waals surface area contributed by atoms with Gasteiger partial charge in [-0.05, 0) is 30.3 Å². The second kappa shape index (κ2) is 8.60. The van der Waals surface area contributed by atoms with Crippen molar-refractivity contribution >= 4 is 56.5 Å². The second-order valence-electron chi connectivity index (χ2n) is 5.45. The second-order valence-corrected chi connectivity index (χ2v) is 8.17. The topological polar surface area (TPSA) is 92.8 Å². The fourth-order valence-corrected chi connectivity index (χ4v) is 3.38. The highest BCUT2D eigenvalue weighted by molar-refractivity contribution is 7.92. The van der Waals surface area contributed by atoms with Gasteiger partial charge < -0.3 is 10.1 Å². The van der Waals surface area contributed by atoms with Crippen molar-refractivity contribution in [3.8, 4) is 0 Å². The molecule has 7 nitrogen and oxygen atoms in total. The Morgan fingerprint density at radius 1 is 1.11 bits per heavy atom. The van der Waals surface area contributed by atoms with Gasteiger partial charge in [0.2, 0.25) is 15.9 Å². The molecule has 144 valence electrons. The minimum atomic E-state index is -3.79. The minimum absolute atomic E-state index is 0.147. The van der Waals surface area contributed by atoms with Gasteiger partial charge in [-0.1, -0.05) is 35.3 Å². The molecule has 0 saturated carbocycles. The number of anilines is 2. The first-order valence-corrected chi connectivity index (χ1v) is 10.1. The lowest BCUT2D eigenvalue weighted by molar-refractivity contribution is -0.114. The number of rotatable bonds is 6. The van der Waals surface area contributed by atoms with Gasteiger partial charge in [-0.25, -0.2) is 13.2 Å². The molecule has 0 aliphatic heterocycles. The van der Waals surface area contributed by atoms with E-state index in [1.807, 2.05) is 0 Å². The first-order valence-electron chi connectivity index (χ1n) is 7.53. The van der Waals surface area contributed by atoms with E-state index in [1.165, 1.54) is 37.4 Å². The molecule has 0 bridgehead atoms. The Bertz CT molecular complexity index is 979. The summed E-state index contributed by atoms with van der Waals surface area (Å²) in [6.45, 7) is -0.522. The van der Waals surface area contributed by atoms with Crippen molar-refractivity contribution in [3.05, 3.63) is 58.1 Å². The average molecular weight is 431 g/mol. The first kappa shape index (κ1) is 21.0. The number of nitrogens with one attached hydrogen (secondary N) is 1. The fourth-order valence-electron chi connectivity index (χ4n) is 2.24. The Labute approximate surface area is 166 Å². The van der Waals surface area contributed by atoms with Crippen LogP contribution in [0.15, 0.2) is 42.5 Å². The van der Waals surface area contributed by atoms with Gasteiger partial charge >= 0.3 is 5.97 Å². The first-order chi connectivity index (χ1) is 12.6. The summed E-state index contributed by atoms with van der Waals surface area (Å²) in [6.07, 6.45) is 0.963. The predicted molar refractivity (Wildman–Crippen MR) is 105 cm³/mol. The van der Waals surface area contributed by atoms with E-state index in [0.717, 1.165) is 10.6 Å². The molecule has 27 heavy (non-hydrogen) atoms. The number of halogens is 2. The van der Waals surface area contributed by atoms with Crippen molar-refractivity contribution in [1.82, 2.24) is 0 Å². The van der Waals surface area contributed by atoms with E-state index in [1.54, 1.807) is 12.1 Å². The summed E-state index contributed by atoms with van der Waals surface area (Å²) in [4.78, 5) is 24.2. The van der Waals surface area contributed by atoms with Crippen LogP contribution in [0.5, 0.6) is 0 Å². The summed E-state index contributed by atoms with van der Waals surface area (Å²) in [5.74, 6) is -1.28. The smallest absolute Gasteiger partial charge is 0.339 e. The number of hydrogen-bond donors (Lipinski definition) is 1. The Morgan fingerprint density at radius 3 is 2.37 bits per heavy atom. The highest BCUT2D eigenvalue weighted by Crippen LogP contribution is 2.28. The zero-order valence-corrected chi connectivity index (χ0v) is 16.7. The number of sulfonamides is 1. The monoisotopic (exact) mass is 430 g/mol. The summed E-state index contributed by atoms with van der Waals surface area (Å²) < 4.78 is 29.8. The van der Waals surface area contributed by atoms with Crippen LogP contribution in [0.4, 0.5) is 11.4 Å². The van der Waals surface area contributed by atoms with Crippen LogP contribution in [-0.4, -0.2) is 40.2 Å². The Kier molecular flexibility index (Phi) is 6.69. The maximum atomic E-state index is 12.4. The van der Waals surface area contributed by atoms with Crippen LogP contribution in [0.25, 0.3) is 0 Å². The maximum Gasteiger partial charge on any atom is 0.339 e. The molecule has 0 atom stereocenters. The summed E-state index contributed by atoms with van der Waals surface area (Å²) in [6, 6.07) is 10.4. The molecule has 0 spiro atoms. The number of hydrogen-bond acceptors (Lipinski definition) is 5. The summed E-state index contributed by atoms with van der Waals surface area (Å²) in [5, 5.41) is 2.93. The number of methoxy groups -OCH3 is 1. The lowest BCUT2D eigenvalue weighted by atomic mass is 10.2. The van der Waals surface area contributed by atoms with E-state index < -0.39 is 28.4 Å². The van der Waals surface area contributed by atoms with Crippen LogP contribution in [0.2, 0.25) is 10.0 Å². The van der Waals surface area contributed by atoms with Crippen molar-refractivity contribution in [3.63, 3.8) is 0 Å². The van der Waals surface area contributed by atoms with Gasteiger partial charge in [0.25, 0.3) is 0 Å². The number of carbonyl (C=O) groups is 2. The quantitative estimate of drug-likeness (QED) is 0.710. The van der Waals surface area contributed by atoms with Gasteiger partial charge in [0.15, 0.2) is 0 Å². The van der Waals surface area contributed by atoms with Crippen molar-refractivity contribution < 1.29 is 22.7 Å². The van der Waals surface area contributed by atoms with Gasteiger partial charge in [-0.3, -0.25) is 9.10 Å². The summed E-state index contributed by atoms with van der Waals surface area (Å²) in [5.41, 5.74) is 0.536. The van der Waals surface area contributed by atoms with Gasteiger partial charge in [-0.15, -0.1) is 0 Å². The molecular weight excluding hydrogens is 415 g/mol. The third kappa shape index (κ3) is 5.35. The van der Waals surface area contributed by atoms with E-state index in [0.29, 0.717) is 0 Å². The van der Waals surface area contributed by atoms with Crippen LogP contribution in [-0.2, 0) is 19.6 Å². The van der Waals surface area contributed by atoms with Crippen LogP contribution in [0.3, 0.4) is 0 Å². The lowest BCUT2D eigenvalue weighted by Gasteiger charge is -2.22. The van der Waals surface area contributed by atoms with Crippen LogP contribution in [0.1, 0.15) is 10.4 Å². The molecule has 2 aromatic rings. The standard InChI is InChI=1S/C17H16Cl2N2O5S/c1-26-17(23)12-5-3-4-6-15(12)20-16(22)10-21(27(2,24)25)11-7-8-13(18)14(19)9-11/h3-9H,10H2,1-2H3,(H,20,22). The molecule has 2 aromatic carbocycles. The SMILES string of the molecule is COC(=O)c1ccccc1NC(=O)CN(c1ccc(Cl)c(Cl)c1)S(C)(=O)=O. The maximum absolute atomic E-state index is 12.4. The molecule has 10 heteroatoms. The van der Waals surface area contributed by atoms with Crippen molar-refractivity contribution in [2.24, 2.45) is 0 Å². The van der Waals surface area contributed by atoms with Crippen molar-refractivity contribution in [2.75, 3.05) is 29.5 Å². The number of para-hydroxylation sites is 1. The number of amides is 1. The molecule has 1 amide bonds. The zero-order valence-electron chi connectivity index (χ0n) is 14.4. The molecular formula is C17H16Cl2N2O5S. The predicted octanol–water partition coefficient (Wildman–Crippen LogP) is 3.18. The highest BCUT2D eigenvalue weighted by Gasteiger charge is 2.22. The molecule has 0 aliphatic rings. The van der Waals surface area contributed by atoms with Crippen LogP contribution < -0.4 is 9.62 Å². The minimum Gasteiger partial charge on any atom is -0.465 e. The van der Waals surface area contributed by atoms with E-state index in [4.69, 9.17) is 23.2 Å². The number of benzene rings is 2. The van der Waals surface area contributed by atoms with E-state index in [2.05, 4.69) is 10.1 Å². The molecule has 0 saturated heterocycles. The van der Waals surface area contributed by atoms with Crippen LogP contribution in [0, 0.1) is 0 Å². The van der Waals surface area contributed by atoms with Crippen LogP contribution >= 0.6 is 23.2 Å². The number of esters is 1. The van der Waals surface area contributed by atoms with E-state index in [9.17, 15) is 18.0 Å². The largest absolute Gasteiger partial charge is 0.465 e. The van der Waals surface area contributed by atoms with Gasteiger partial charge in [0.1, 0.15) is 6.54 Å². The Morgan fingerprint density at radius 2 is 1.78 bits per heavy atom. The molecule has 2 rings (SSSR count). The Hall–Kier alpha value is -2.29. The van der Waals surface area contributed by atoms with Gasteiger partial charge in [0.05, 0.1) is 40.3 Å². The van der Waals surface area contributed by atoms with Crippen molar-refractivity contribution in [2.45, 2.75) is 0 Å². The Balaban J connectivity index is 2.28. The molecule has 0 heterocycles. The molecule has 1 N–H and O–H groups in total. The zero-order chi connectivity index (χ0) is 20.2. The number of nitrogens with zero attached hydrogens (tertiary/aromatic N) is 1. The average Bonchev–Trinajstić information content (AvgIpc) is 2.61. The molecule has 0 fully saturated rings. The molecule has 0 aromatic heterocycles. The van der Waals surface area contributed by atoms with Crippen molar-refractivity contribution in [1.29, 1.82) is 0 Å². The number of ether oxygens (including phenoxy) is 1. The van der Waals surface area contributed by atoms with Gasteiger partial charge in [0, 0.05) is 0 Å². The lowest BCUT2D eigenvalue weighted by Crippen LogP contribution is -2.37. The third-order valence-corrected chi connectivity index (χ3v) is 5.36. The fraction of sp³-hybridized carbons (Fsp3) is 0.176. The summed E-state index contributed by atoms with van der Waals surface area (Å²) in [7, 11) is -2.57. The summed E-state index contributed by atoms with van der Waals surface area (Å²) >= 11 is 11.8. The highest BCUT2D eigenvalue weighted by atomic mass is 35.5. The molecule has 0 radical (unpaired) electrons. The molecule has 0 unspecified atom stereocenters. The normalized spacial score (nSPS) is 11.0. The van der Waals surface area contributed by atoms with Gasteiger partial charge in [-0.2, -0.15) is 0 Å². The van der Waals surface area contributed by atoms with E-state index in [-0.39, 0.29) is 27.0 Å². The van der Waals surface area contributed by atoms with E-state index >= 15 is 0 Å². The molecule has 0 aliphatic carbocycles. The number of carbonyl (C=O) groups excluding carboxylic acids is 2.